The molecule has 8 nitrogen and oxygen atoms in total. The molecule has 0 atom stereocenters. The Balaban J connectivity index is 1.43. The number of carbonyl (C=O) groups excluding carboxylic acids is 1. The van der Waals surface area contributed by atoms with Crippen molar-refractivity contribution < 1.29 is 17.6 Å². The van der Waals surface area contributed by atoms with Crippen LogP contribution in [0.15, 0.2) is 78.1 Å². The summed E-state index contributed by atoms with van der Waals surface area (Å²) in [5, 5.41) is 2.62. The number of amides is 1. The van der Waals surface area contributed by atoms with Crippen LogP contribution in [-0.2, 0) is 14.8 Å². The predicted octanol–water partition coefficient (Wildman–Crippen LogP) is 2.82. The van der Waals surface area contributed by atoms with Crippen LogP contribution in [0.5, 0.6) is 0 Å². The van der Waals surface area contributed by atoms with E-state index in [9.17, 15) is 17.6 Å². The van der Waals surface area contributed by atoms with Crippen molar-refractivity contribution in [2.45, 2.75) is 4.90 Å². The number of fused-ring (bicyclic) bond motifs is 1. The first-order valence-electron chi connectivity index (χ1n) is 9.25. The maximum absolute atomic E-state index is 13.0. The molecule has 1 N–H and O–H groups in total. The molecule has 10 heteroatoms. The number of rotatable bonds is 6. The van der Waals surface area contributed by atoms with Crippen LogP contribution in [0, 0.1) is 5.82 Å². The normalized spacial score (nSPS) is 11.7. The molecule has 2 aromatic heterocycles. The highest BCUT2D eigenvalue weighted by atomic mass is 32.2. The number of sulfonamides is 1. The molecule has 1 amide bonds. The fourth-order valence-electron chi connectivity index (χ4n) is 3.02. The van der Waals surface area contributed by atoms with Gasteiger partial charge >= 0.3 is 0 Å². The van der Waals surface area contributed by atoms with Crippen LogP contribution in [-0.4, -0.2) is 46.8 Å². The molecule has 4 rings (SSSR count). The highest BCUT2D eigenvalue weighted by Crippen LogP contribution is 2.18. The SMILES string of the molecule is CN(CC(=O)Nc1ccc(-n2cnc3ccccc32)nc1)S(=O)(=O)c1ccc(F)cc1. The van der Waals surface area contributed by atoms with E-state index in [2.05, 4.69) is 15.3 Å². The van der Waals surface area contributed by atoms with Gasteiger partial charge in [-0.3, -0.25) is 9.36 Å². The van der Waals surface area contributed by atoms with Gasteiger partial charge in [0.2, 0.25) is 15.9 Å². The van der Waals surface area contributed by atoms with E-state index in [0.717, 1.165) is 39.6 Å². The molecule has 2 heterocycles. The molecule has 0 bridgehead atoms. The van der Waals surface area contributed by atoms with E-state index >= 15 is 0 Å². The van der Waals surface area contributed by atoms with E-state index in [1.54, 1.807) is 18.5 Å². The Morgan fingerprint density at radius 1 is 1.06 bits per heavy atom. The van der Waals surface area contributed by atoms with Gasteiger partial charge in [0, 0.05) is 7.05 Å². The second kappa shape index (κ2) is 8.25. The predicted molar refractivity (Wildman–Crippen MR) is 114 cm³/mol. The Hall–Kier alpha value is -3.63. The summed E-state index contributed by atoms with van der Waals surface area (Å²) < 4.78 is 40.8. The highest BCUT2D eigenvalue weighted by Gasteiger charge is 2.23. The molecule has 2 aromatic carbocycles. The maximum atomic E-state index is 13.0. The average Bonchev–Trinajstić information content (AvgIpc) is 3.19. The van der Waals surface area contributed by atoms with Crippen LogP contribution in [0.3, 0.4) is 0 Å². The Kier molecular flexibility index (Phi) is 5.49. The van der Waals surface area contributed by atoms with Crippen molar-refractivity contribution in [2.75, 3.05) is 18.9 Å². The van der Waals surface area contributed by atoms with Crippen molar-refractivity contribution in [3.63, 3.8) is 0 Å². The van der Waals surface area contributed by atoms with Crippen LogP contribution in [0.2, 0.25) is 0 Å². The summed E-state index contributed by atoms with van der Waals surface area (Å²) in [6.07, 6.45) is 3.15. The lowest BCUT2D eigenvalue weighted by Crippen LogP contribution is -2.35. The molecule has 158 valence electrons. The molecule has 0 aliphatic heterocycles. The minimum absolute atomic E-state index is 0.0946. The zero-order valence-electron chi connectivity index (χ0n) is 16.4. The third-order valence-electron chi connectivity index (χ3n) is 4.62. The van der Waals surface area contributed by atoms with Crippen molar-refractivity contribution in [2.24, 2.45) is 0 Å². The number of pyridine rings is 1. The molecule has 0 saturated carbocycles. The molecular formula is C21H18FN5O3S. The van der Waals surface area contributed by atoms with E-state index in [0.29, 0.717) is 11.5 Å². The molecule has 0 unspecified atom stereocenters. The number of benzene rings is 2. The monoisotopic (exact) mass is 439 g/mol. The molecule has 0 saturated heterocycles. The number of nitrogens with one attached hydrogen (secondary N) is 1. The molecule has 0 aliphatic rings. The van der Waals surface area contributed by atoms with Crippen LogP contribution >= 0.6 is 0 Å². The van der Waals surface area contributed by atoms with E-state index in [-0.39, 0.29) is 4.90 Å². The molecule has 4 aromatic rings. The van der Waals surface area contributed by atoms with Crippen LogP contribution in [0.4, 0.5) is 10.1 Å². The number of aromatic nitrogens is 3. The standard InChI is InChI=1S/C21H18FN5O3S/c1-26(31(29,30)17-9-6-15(22)7-10-17)13-21(28)25-16-8-11-20(23-12-16)27-14-24-18-4-2-3-5-19(18)27/h2-12,14H,13H2,1H3,(H,25,28). The number of carbonyl (C=O) groups is 1. The quantitative estimate of drug-likeness (QED) is 0.498. The Morgan fingerprint density at radius 3 is 2.52 bits per heavy atom. The van der Waals surface area contributed by atoms with Crippen LogP contribution in [0.1, 0.15) is 0 Å². The van der Waals surface area contributed by atoms with E-state index in [1.807, 2.05) is 28.8 Å². The maximum Gasteiger partial charge on any atom is 0.243 e. The fraction of sp³-hybridized carbons (Fsp3) is 0.0952. The summed E-state index contributed by atoms with van der Waals surface area (Å²) >= 11 is 0. The number of nitrogens with zero attached hydrogens (tertiary/aromatic N) is 4. The molecule has 0 aliphatic carbocycles. The average molecular weight is 439 g/mol. The van der Waals surface area contributed by atoms with Crippen molar-refractivity contribution in [3.05, 3.63) is 79.0 Å². The zero-order valence-corrected chi connectivity index (χ0v) is 17.3. The highest BCUT2D eigenvalue weighted by molar-refractivity contribution is 7.89. The van der Waals surface area contributed by atoms with E-state index in [1.165, 1.54) is 13.2 Å². The Bertz CT molecular complexity index is 1340. The number of anilines is 1. The first-order valence-corrected chi connectivity index (χ1v) is 10.7. The van der Waals surface area contributed by atoms with Gasteiger partial charge in [-0.2, -0.15) is 4.31 Å². The lowest BCUT2D eigenvalue weighted by molar-refractivity contribution is -0.116. The first-order chi connectivity index (χ1) is 14.8. The van der Waals surface area contributed by atoms with Crippen molar-refractivity contribution in [3.8, 4) is 5.82 Å². The number of halogens is 1. The zero-order chi connectivity index (χ0) is 22.0. The molecular weight excluding hydrogens is 421 g/mol. The summed E-state index contributed by atoms with van der Waals surface area (Å²) in [4.78, 5) is 20.9. The molecule has 0 spiro atoms. The van der Waals surface area contributed by atoms with Gasteiger partial charge in [0.25, 0.3) is 0 Å². The van der Waals surface area contributed by atoms with Gasteiger partial charge in [0.1, 0.15) is 18.0 Å². The lowest BCUT2D eigenvalue weighted by Gasteiger charge is -2.17. The second-order valence-corrected chi connectivity index (χ2v) is 8.82. The topological polar surface area (TPSA) is 97.2 Å². The number of hydrogen-bond donors (Lipinski definition) is 1. The van der Waals surface area contributed by atoms with Crippen molar-refractivity contribution in [1.82, 2.24) is 18.8 Å². The Morgan fingerprint density at radius 2 is 1.81 bits per heavy atom. The number of likely N-dealkylation sites (N-methyl/N-ethyl adjacent to an activating group) is 1. The molecule has 31 heavy (non-hydrogen) atoms. The van der Waals surface area contributed by atoms with Gasteiger partial charge in [-0.25, -0.2) is 22.8 Å². The van der Waals surface area contributed by atoms with Crippen LogP contribution < -0.4 is 5.32 Å². The summed E-state index contributed by atoms with van der Waals surface area (Å²) in [7, 11) is -2.64. The van der Waals surface area contributed by atoms with Gasteiger partial charge in [-0.1, -0.05) is 12.1 Å². The van der Waals surface area contributed by atoms with Gasteiger partial charge in [0.05, 0.1) is 34.4 Å². The fourth-order valence-corrected chi connectivity index (χ4v) is 4.15. The summed E-state index contributed by atoms with van der Waals surface area (Å²) in [6.45, 7) is -0.409. The van der Waals surface area contributed by atoms with E-state index < -0.39 is 28.3 Å². The number of para-hydroxylation sites is 2. The number of hydrogen-bond acceptors (Lipinski definition) is 5. The van der Waals surface area contributed by atoms with Gasteiger partial charge < -0.3 is 5.32 Å². The van der Waals surface area contributed by atoms with E-state index in [4.69, 9.17) is 0 Å². The first kappa shape index (κ1) is 20.6. The third-order valence-corrected chi connectivity index (χ3v) is 6.44. The summed E-state index contributed by atoms with van der Waals surface area (Å²) in [5.41, 5.74) is 2.16. The minimum atomic E-state index is -3.92. The minimum Gasteiger partial charge on any atom is -0.324 e. The molecule has 0 fully saturated rings. The molecule has 0 radical (unpaired) electrons. The Labute approximate surface area is 178 Å². The van der Waals surface area contributed by atoms with Gasteiger partial charge in [-0.05, 0) is 48.5 Å². The van der Waals surface area contributed by atoms with Crippen LogP contribution in [0.25, 0.3) is 16.9 Å². The third kappa shape index (κ3) is 4.30. The number of imidazole rings is 1. The van der Waals surface area contributed by atoms with Gasteiger partial charge in [-0.15, -0.1) is 0 Å². The van der Waals surface area contributed by atoms with Gasteiger partial charge in [0.15, 0.2) is 0 Å². The van der Waals surface area contributed by atoms with Crippen molar-refractivity contribution >= 4 is 32.7 Å². The van der Waals surface area contributed by atoms with Crippen molar-refractivity contribution in [1.29, 1.82) is 0 Å². The summed E-state index contributed by atoms with van der Waals surface area (Å²) in [5.74, 6) is -0.447. The largest absolute Gasteiger partial charge is 0.324 e. The lowest BCUT2D eigenvalue weighted by atomic mass is 10.3. The smallest absolute Gasteiger partial charge is 0.243 e. The summed E-state index contributed by atoms with van der Waals surface area (Å²) in [6, 6.07) is 15.4. The second-order valence-electron chi connectivity index (χ2n) is 6.77.